The number of nitriles is 2. The normalized spacial score (nSPS) is 12.5. The van der Waals surface area contributed by atoms with E-state index in [2.05, 4.69) is 9.97 Å². The number of fused-ring (bicyclic) bond motifs is 5. The zero-order valence-corrected chi connectivity index (χ0v) is 23.5. The van der Waals surface area contributed by atoms with Crippen LogP contribution < -0.4 is 9.80 Å². The number of benzene rings is 5. The van der Waals surface area contributed by atoms with Gasteiger partial charge in [-0.05, 0) is 64.0 Å². The van der Waals surface area contributed by atoms with Gasteiger partial charge >= 0.3 is 6.18 Å². The first-order valence-corrected chi connectivity index (χ1v) is 14.0. The fourth-order valence-corrected chi connectivity index (χ4v) is 5.71. The molecule has 0 saturated heterocycles. The Balaban J connectivity index is 1.48. The molecule has 3 heterocycles. The van der Waals surface area contributed by atoms with Crippen molar-refractivity contribution in [2.24, 2.45) is 0 Å². The molecule has 0 N–H and O–H groups in total. The molecule has 0 amide bonds. The highest BCUT2D eigenvalue weighted by Gasteiger charge is 2.38. The van der Waals surface area contributed by atoms with Crippen molar-refractivity contribution < 1.29 is 13.2 Å². The van der Waals surface area contributed by atoms with E-state index in [1.165, 1.54) is 6.07 Å². The van der Waals surface area contributed by atoms with Gasteiger partial charge in [-0.1, -0.05) is 60.7 Å². The van der Waals surface area contributed by atoms with Crippen molar-refractivity contribution in [2.75, 3.05) is 9.80 Å². The Morgan fingerprint density at radius 1 is 0.500 bits per heavy atom. The van der Waals surface area contributed by atoms with Crippen LogP contribution in [0, 0.1) is 22.7 Å². The number of rotatable bonds is 2. The van der Waals surface area contributed by atoms with Crippen LogP contribution in [0.3, 0.4) is 0 Å². The highest BCUT2D eigenvalue weighted by Crippen LogP contribution is 2.52. The van der Waals surface area contributed by atoms with Crippen LogP contribution in [0.2, 0.25) is 0 Å². The molecule has 0 saturated carbocycles. The van der Waals surface area contributed by atoms with Gasteiger partial charge in [-0.15, -0.1) is 0 Å². The van der Waals surface area contributed by atoms with Crippen molar-refractivity contribution in [1.82, 2.24) is 19.9 Å². The van der Waals surface area contributed by atoms with Crippen LogP contribution in [0.15, 0.2) is 103 Å². The second kappa shape index (κ2) is 9.97. The Morgan fingerprint density at radius 2 is 0.957 bits per heavy atom. The van der Waals surface area contributed by atoms with Crippen molar-refractivity contribution in [2.45, 2.75) is 6.18 Å². The predicted molar refractivity (Wildman–Crippen MR) is 167 cm³/mol. The Morgan fingerprint density at radius 3 is 1.43 bits per heavy atom. The van der Waals surface area contributed by atoms with Crippen molar-refractivity contribution in [3.05, 3.63) is 120 Å². The highest BCUT2D eigenvalue weighted by molar-refractivity contribution is 6.01. The van der Waals surface area contributed by atoms with E-state index in [-0.39, 0.29) is 45.7 Å². The third-order valence-corrected chi connectivity index (χ3v) is 7.86. The fourth-order valence-electron chi connectivity index (χ4n) is 5.71. The maximum atomic E-state index is 13.8. The predicted octanol–water partition coefficient (Wildman–Crippen LogP) is 8.74. The van der Waals surface area contributed by atoms with Crippen LogP contribution in [0.25, 0.3) is 32.6 Å². The lowest BCUT2D eigenvalue weighted by Gasteiger charge is -2.37. The summed E-state index contributed by atoms with van der Waals surface area (Å²) in [6, 6.07) is 33.9. The van der Waals surface area contributed by atoms with Crippen LogP contribution in [-0.4, -0.2) is 19.9 Å². The number of halogens is 3. The number of alkyl halides is 3. The van der Waals surface area contributed by atoms with Crippen LogP contribution >= 0.6 is 0 Å². The monoisotopic (exact) mass is 606 g/mol. The van der Waals surface area contributed by atoms with Crippen LogP contribution in [0.5, 0.6) is 0 Å². The zero-order valence-electron chi connectivity index (χ0n) is 23.5. The lowest BCUT2D eigenvalue weighted by atomic mass is 10.1. The average Bonchev–Trinajstić information content (AvgIpc) is 3.08. The third-order valence-electron chi connectivity index (χ3n) is 7.86. The summed E-state index contributed by atoms with van der Waals surface area (Å²) >= 11 is 0. The molecule has 218 valence electrons. The maximum Gasteiger partial charge on any atom is 0.416 e. The summed E-state index contributed by atoms with van der Waals surface area (Å²) < 4.78 is 41.3. The molecule has 0 aliphatic carbocycles. The molecule has 0 atom stereocenters. The molecule has 8 nitrogen and oxygen atoms in total. The summed E-state index contributed by atoms with van der Waals surface area (Å²) in [5.41, 5.74) is 0.148. The van der Waals surface area contributed by atoms with Gasteiger partial charge in [0.15, 0.2) is 34.7 Å². The van der Waals surface area contributed by atoms with Crippen LogP contribution in [0.1, 0.15) is 17.0 Å². The minimum atomic E-state index is -4.59. The Labute approximate surface area is 258 Å². The summed E-state index contributed by atoms with van der Waals surface area (Å²) in [4.78, 5) is 22.1. The SMILES string of the molecule is N#Cc1nc2c(nc1C#N)N(c1ccc3ccccc3c1)c1nc3cc(C(F)(F)F)ccc3nc1N2c1ccc2ccccc2c1. The largest absolute Gasteiger partial charge is 0.416 e. The van der Waals surface area contributed by atoms with Crippen molar-refractivity contribution in [3.63, 3.8) is 0 Å². The molecule has 0 unspecified atom stereocenters. The first kappa shape index (κ1) is 27.0. The summed E-state index contributed by atoms with van der Waals surface area (Å²) in [5.74, 6) is 0.788. The Bertz CT molecular complexity index is 2480. The zero-order chi connectivity index (χ0) is 31.6. The van der Waals surface area contributed by atoms with E-state index in [4.69, 9.17) is 9.97 Å². The Hall–Kier alpha value is -6.59. The van der Waals surface area contributed by atoms with Gasteiger partial charge in [-0.2, -0.15) is 23.7 Å². The van der Waals surface area contributed by atoms with E-state index in [1.807, 2.05) is 97.1 Å². The first-order chi connectivity index (χ1) is 22.3. The number of hydrogen-bond donors (Lipinski definition) is 0. The van der Waals surface area contributed by atoms with Gasteiger partial charge in [0.1, 0.15) is 12.1 Å². The number of nitrogens with zero attached hydrogens (tertiary/aromatic N) is 8. The minimum absolute atomic E-state index is 0.0170. The summed E-state index contributed by atoms with van der Waals surface area (Å²) in [5, 5.41) is 23.6. The molecule has 46 heavy (non-hydrogen) atoms. The van der Waals surface area contributed by atoms with E-state index in [9.17, 15) is 23.7 Å². The number of aromatic nitrogens is 4. The molecule has 1 aliphatic heterocycles. The van der Waals surface area contributed by atoms with Crippen molar-refractivity contribution in [1.29, 1.82) is 10.5 Å². The van der Waals surface area contributed by atoms with E-state index in [1.54, 1.807) is 9.80 Å². The van der Waals surface area contributed by atoms with Gasteiger partial charge in [0, 0.05) is 11.4 Å². The van der Waals surface area contributed by atoms with Gasteiger partial charge in [0.2, 0.25) is 0 Å². The van der Waals surface area contributed by atoms with E-state index < -0.39 is 11.7 Å². The lowest BCUT2D eigenvalue weighted by Crippen LogP contribution is -2.28. The topological polar surface area (TPSA) is 106 Å². The molecule has 0 radical (unpaired) electrons. The Kier molecular flexibility index (Phi) is 5.85. The quantitative estimate of drug-likeness (QED) is 0.192. The molecule has 8 rings (SSSR count). The summed E-state index contributed by atoms with van der Waals surface area (Å²) in [6.07, 6.45) is -4.59. The summed E-state index contributed by atoms with van der Waals surface area (Å²) in [6.45, 7) is 0. The molecule has 0 bridgehead atoms. The van der Waals surface area contributed by atoms with Crippen molar-refractivity contribution in [3.8, 4) is 12.1 Å². The molecule has 7 aromatic rings. The van der Waals surface area contributed by atoms with Gasteiger partial charge < -0.3 is 0 Å². The average molecular weight is 607 g/mol. The first-order valence-electron chi connectivity index (χ1n) is 14.0. The number of anilines is 6. The van der Waals surface area contributed by atoms with Crippen LogP contribution in [-0.2, 0) is 6.18 Å². The molecule has 5 aromatic carbocycles. The molecule has 11 heteroatoms. The molecule has 2 aromatic heterocycles. The van der Waals surface area contributed by atoms with Gasteiger partial charge in [0.05, 0.1) is 16.6 Å². The standard InChI is InChI=1S/C35H17F3N8/c36-35(37,38)24-11-14-27-28(17-24)42-32-31(41-27)45(25-12-9-20-5-1-3-7-22(20)15-25)33-34(44-30(19-40)29(18-39)43-33)46(32)26-13-10-21-6-2-4-8-23(21)16-26/h1-17H. The van der Waals surface area contributed by atoms with Crippen LogP contribution in [0.4, 0.5) is 47.8 Å². The molecule has 1 aliphatic rings. The smallest absolute Gasteiger partial charge is 0.273 e. The number of hydrogen-bond acceptors (Lipinski definition) is 8. The molecule has 0 spiro atoms. The summed E-state index contributed by atoms with van der Waals surface area (Å²) in [7, 11) is 0. The second-order valence-electron chi connectivity index (χ2n) is 10.6. The van der Waals surface area contributed by atoms with E-state index >= 15 is 0 Å². The van der Waals surface area contributed by atoms with E-state index in [0.717, 1.165) is 33.7 Å². The molecule has 0 fully saturated rings. The minimum Gasteiger partial charge on any atom is -0.273 e. The maximum absolute atomic E-state index is 13.8. The van der Waals surface area contributed by atoms with E-state index in [0.29, 0.717) is 11.4 Å². The molecular weight excluding hydrogens is 589 g/mol. The third kappa shape index (κ3) is 4.22. The fraction of sp³-hybridized carbons (Fsp3) is 0.0286. The van der Waals surface area contributed by atoms with Gasteiger partial charge in [-0.3, -0.25) is 9.80 Å². The van der Waals surface area contributed by atoms with Gasteiger partial charge in [0.25, 0.3) is 0 Å². The van der Waals surface area contributed by atoms with Gasteiger partial charge in [-0.25, -0.2) is 19.9 Å². The lowest BCUT2D eigenvalue weighted by molar-refractivity contribution is -0.137. The molecular formula is C35H17F3N8. The highest BCUT2D eigenvalue weighted by atomic mass is 19.4. The second-order valence-corrected chi connectivity index (χ2v) is 10.6. The van der Waals surface area contributed by atoms with Crippen molar-refractivity contribution >= 4 is 67.2 Å².